The van der Waals surface area contributed by atoms with Crippen LogP contribution in [0.2, 0.25) is 0 Å². The lowest BCUT2D eigenvalue weighted by Crippen LogP contribution is -2.32. The third-order valence-corrected chi connectivity index (χ3v) is 2.63. The SMILES string of the molecule is CC(Nc1ccc(I)cc1[N+](=O)[O-])C(N)=O. The number of hydrogen-bond donors (Lipinski definition) is 2. The molecule has 3 N–H and O–H groups in total. The number of nitrogens with two attached hydrogens (primary N) is 1. The molecule has 7 heteroatoms. The zero-order valence-electron chi connectivity index (χ0n) is 8.44. The third kappa shape index (κ3) is 3.05. The van der Waals surface area contributed by atoms with Crippen LogP contribution >= 0.6 is 22.6 Å². The van der Waals surface area contributed by atoms with Gasteiger partial charge in [0.2, 0.25) is 5.91 Å². The fraction of sp³-hybridized carbons (Fsp3) is 0.222. The van der Waals surface area contributed by atoms with E-state index in [4.69, 9.17) is 5.73 Å². The summed E-state index contributed by atoms with van der Waals surface area (Å²) in [5.41, 5.74) is 5.29. The van der Waals surface area contributed by atoms with Gasteiger partial charge in [0.25, 0.3) is 5.69 Å². The van der Waals surface area contributed by atoms with E-state index in [9.17, 15) is 14.9 Å². The van der Waals surface area contributed by atoms with Gasteiger partial charge in [-0.3, -0.25) is 14.9 Å². The normalized spacial score (nSPS) is 11.9. The Kier molecular flexibility index (Phi) is 4.05. The molecular formula is C9H10IN3O3. The number of rotatable bonds is 4. The van der Waals surface area contributed by atoms with Crippen LogP contribution < -0.4 is 11.1 Å². The van der Waals surface area contributed by atoms with Gasteiger partial charge in [-0.25, -0.2) is 0 Å². The summed E-state index contributed by atoms with van der Waals surface area (Å²) in [6.45, 7) is 1.55. The van der Waals surface area contributed by atoms with Gasteiger partial charge in [0.05, 0.1) is 4.92 Å². The lowest BCUT2D eigenvalue weighted by Gasteiger charge is -2.11. The Morgan fingerprint density at radius 1 is 1.62 bits per heavy atom. The molecule has 1 unspecified atom stereocenters. The van der Waals surface area contributed by atoms with Crippen LogP contribution in [0.25, 0.3) is 0 Å². The van der Waals surface area contributed by atoms with Crippen molar-refractivity contribution in [1.29, 1.82) is 0 Å². The number of carbonyl (C=O) groups excluding carboxylic acids is 1. The smallest absolute Gasteiger partial charge is 0.293 e. The zero-order valence-corrected chi connectivity index (χ0v) is 10.6. The van der Waals surface area contributed by atoms with E-state index in [1.165, 1.54) is 6.07 Å². The average molecular weight is 335 g/mol. The molecule has 0 aliphatic rings. The predicted octanol–water partition coefficient (Wildman–Crippen LogP) is 1.49. The second-order valence-electron chi connectivity index (χ2n) is 3.19. The van der Waals surface area contributed by atoms with Crippen molar-refractivity contribution >= 4 is 39.9 Å². The molecule has 6 nitrogen and oxygen atoms in total. The minimum Gasteiger partial charge on any atom is -0.368 e. The maximum Gasteiger partial charge on any atom is 0.293 e. The van der Waals surface area contributed by atoms with E-state index in [0.717, 1.165) is 3.57 Å². The van der Waals surface area contributed by atoms with E-state index in [1.807, 2.05) is 22.6 Å². The molecule has 0 fully saturated rings. The molecule has 0 saturated carbocycles. The summed E-state index contributed by atoms with van der Waals surface area (Å²) < 4.78 is 0.751. The van der Waals surface area contributed by atoms with Crippen LogP contribution in [0.1, 0.15) is 6.92 Å². The maximum atomic E-state index is 10.8. The Labute approximate surface area is 105 Å². The van der Waals surface area contributed by atoms with Crippen molar-refractivity contribution in [1.82, 2.24) is 0 Å². The van der Waals surface area contributed by atoms with Gasteiger partial charge in [-0.1, -0.05) is 0 Å². The molecule has 16 heavy (non-hydrogen) atoms. The molecule has 0 saturated heterocycles. The molecule has 1 atom stereocenters. The van der Waals surface area contributed by atoms with Crippen LogP contribution in [0.15, 0.2) is 18.2 Å². The molecule has 0 spiro atoms. The molecule has 86 valence electrons. The minimum absolute atomic E-state index is 0.0694. The summed E-state index contributed by atoms with van der Waals surface area (Å²) >= 11 is 1.98. The number of carbonyl (C=O) groups is 1. The second-order valence-corrected chi connectivity index (χ2v) is 4.43. The molecule has 1 rings (SSSR count). The highest BCUT2D eigenvalue weighted by Crippen LogP contribution is 2.26. The average Bonchev–Trinajstić information content (AvgIpc) is 2.20. The van der Waals surface area contributed by atoms with Crippen molar-refractivity contribution in [3.63, 3.8) is 0 Å². The Morgan fingerprint density at radius 2 is 2.25 bits per heavy atom. The standard InChI is InChI=1S/C9H10IN3O3/c1-5(9(11)14)12-7-3-2-6(10)4-8(7)13(15)16/h2-5,12H,1H3,(H2,11,14). The summed E-state index contributed by atoms with van der Waals surface area (Å²) in [4.78, 5) is 21.1. The highest BCUT2D eigenvalue weighted by Gasteiger charge is 2.17. The van der Waals surface area contributed by atoms with E-state index in [2.05, 4.69) is 5.32 Å². The van der Waals surface area contributed by atoms with E-state index in [1.54, 1.807) is 19.1 Å². The highest BCUT2D eigenvalue weighted by atomic mass is 127. The van der Waals surface area contributed by atoms with Gasteiger partial charge >= 0.3 is 0 Å². The van der Waals surface area contributed by atoms with Crippen LogP contribution in [0.5, 0.6) is 0 Å². The summed E-state index contributed by atoms with van der Waals surface area (Å²) in [6.07, 6.45) is 0. The monoisotopic (exact) mass is 335 g/mol. The van der Waals surface area contributed by atoms with Crippen LogP contribution in [0, 0.1) is 13.7 Å². The molecule has 1 amide bonds. The highest BCUT2D eigenvalue weighted by molar-refractivity contribution is 14.1. The molecule has 0 bridgehead atoms. The Morgan fingerprint density at radius 3 is 2.75 bits per heavy atom. The summed E-state index contributed by atoms with van der Waals surface area (Å²) in [5.74, 6) is -0.562. The van der Waals surface area contributed by atoms with Crippen LogP contribution in [0.3, 0.4) is 0 Å². The first kappa shape index (κ1) is 12.7. The van der Waals surface area contributed by atoms with Gasteiger partial charge in [0.1, 0.15) is 11.7 Å². The summed E-state index contributed by atoms with van der Waals surface area (Å²) in [7, 11) is 0. The molecule has 0 aliphatic heterocycles. The largest absolute Gasteiger partial charge is 0.368 e. The summed E-state index contributed by atoms with van der Waals surface area (Å²) in [5, 5.41) is 13.5. The second kappa shape index (κ2) is 5.10. The van der Waals surface area contributed by atoms with E-state index >= 15 is 0 Å². The lowest BCUT2D eigenvalue weighted by atomic mass is 10.2. The molecule has 0 radical (unpaired) electrons. The Bertz CT molecular complexity index is 436. The number of anilines is 1. The molecular weight excluding hydrogens is 325 g/mol. The quantitative estimate of drug-likeness (QED) is 0.495. The molecule has 1 aromatic carbocycles. The van der Waals surface area contributed by atoms with Crippen molar-refractivity contribution in [2.24, 2.45) is 5.73 Å². The number of nitro groups is 1. The van der Waals surface area contributed by atoms with Crippen molar-refractivity contribution in [3.8, 4) is 0 Å². The van der Waals surface area contributed by atoms with Crippen molar-refractivity contribution in [2.45, 2.75) is 13.0 Å². The number of nitrogens with one attached hydrogen (secondary N) is 1. The van der Waals surface area contributed by atoms with Crippen LogP contribution in [-0.2, 0) is 4.79 Å². The molecule has 1 aromatic rings. The molecule has 0 aliphatic carbocycles. The van der Waals surface area contributed by atoms with Gasteiger partial charge in [0.15, 0.2) is 0 Å². The summed E-state index contributed by atoms with van der Waals surface area (Å²) in [6, 6.07) is 4.04. The number of nitrogens with zero attached hydrogens (tertiary/aromatic N) is 1. The van der Waals surface area contributed by atoms with Crippen LogP contribution in [-0.4, -0.2) is 16.9 Å². The predicted molar refractivity (Wildman–Crippen MR) is 68.1 cm³/mol. The number of nitro benzene ring substituents is 1. The lowest BCUT2D eigenvalue weighted by molar-refractivity contribution is -0.384. The molecule has 0 heterocycles. The van der Waals surface area contributed by atoms with Crippen molar-refractivity contribution in [3.05, 3.63) is 31.9 Å². The maximum absolute atomic E-state index is 10.8. The first-order valence-corrected chi connectivity index (χ1v) is 5.49. The third-order valence-electron chi connectivity index (χ3n) is 1.96. The van der Waals surface area contributed by atoms with E-state index in [0.29, 0.717) is 0 Å². The number of hydrogen-bond acceptors (Lipinski definition) is 4. The van der Waals surface area contributed by atoms with E-state index < -0.39 is 16.9 Å². The first-order chi connectivity index (χ1) is 7.41. The number of halogens is 1. The van der Waals surface area contributed by atoms with Crippen LogP contribution in [0.4, 0.5) is 11.4 Å². The van der Waals surface area contributed by atoms with E-state index in [-0.39, 0.29) is 11.4 Å². The van der Waals surface area contributed by atoms with Crippen molar-refractivity contribution < 1.29 is 9.72 Å². The van der Waals surface area contributed by atoms with Gasteiger partial charge in [-0.15, -0.1) is 0 Å². The number of primary amides is 1. The topological polar surface area (TPSA) is 98.3 Å². The van der Waals surface area contributed by atoms with Crippen molar-refractivity contribution in [2.75, 3.05) is 5.32 Å². The minimum atomic E-state index is -0.654. The molecule has 0 aromatic heterocycles. The number of amides is 1. The van der Waals surface area contributed by atoms with Gasteiger partial charge in [-0.2, -0.15) is 0 Å². The van der Waals surface area contributed by atoms with Gasteiger partial charge < -0.3 is 11.1 Å². The fourth-order valence-electron chi connectivity index (χ4n) is 1.08. The Balaban J connectivity index is 3.04. The number of benzene rings is 1. The zero-order chi connectivity index (χ0) is 12.3. The van der Waals surface area contributed by atoms with Gasteiger partial charge in [0, 0.05) is 9.64 Å². The Hall–Kier alpha value is -1.38. The fourth-order valence-corrected chi connectivity index (χ4v) is 1.56. The first-order valence-electron chi connectivity index (χ1n) is 4.41. The van der Waals surface area contributed by atoms with Gasteiger partial charge in [-0.05, 0) is 41.6 Å².